The van der Waals surface area contributed by atoms with Crippen molar-refractivity contribution >= 4 is 17.6 Å². The molecule has 106 valence electrons. The van der Waals surface area contributed by atoms with Crippen LogP contribution in [0.5, 0.6) is 11.5 Å². The van der Waals surface area contributed by atoms with Crippen LogP contribution in [0.15, 0.2) is 12.1 Å². The summed E-state index contributed by atoms with van der Waals surface area (Å²) in [6.45, 7) is 2.15. The number of rotatable bonds is 7. The standard InChI is InChI=1S/C13H18ClNO4/c1-3-10(13(16)17)19-12-8(4-5-15)6-9(14)7-11(12)18-2/h6-7,10H,3-5,15H2,1-2H3,(H,16,17). The molecule has 1 rings (SSSR count). The minimum Gasteiger partial charge on any atom is -0.493 e. The minimum absolute atomic E-state index is 0.350. The summed E-state index contributed by atoms with van der Waals surface area (Å²) in [7, 11) is 1.48. The van der Waals surface area contributed by atoms with Gasteiger partial charge in [-0.15, -0.1) is 0 Å². The first-order chi connectivity index (χ1) is 9.03. The molecule has 1 atom stereocenters. The lowest BCUT2D eigenvalue weighted by Gasteiger charge is -2.19. The molecule has 0 aromatic heterocycles. The lowest BCUT2D eigenvalue weighted by molar-refractivity contribution is -0.145. The maximum absolute atomic E-state index is 11.1. The Morgan fingerprint density at radius 1 is 1.53 bits per heavy atom. The number of carbonyl (C=O) groups is 1. The van der Waals surface area contributed by atoms with Crippen molar-refractivity contribution in [1.29, 1.82) is 0 Å². The van der Waals surface area contributed by atoms with Gasteiger partial charge in [-0.2, -0.15) is 0 Å². The van der Waals surface area contributed by atoms with Gasteiger partial charge in [-0.1, -0.05) is 18.5 Å². The van der Waals surface area contributed by atoms with Crippen LogP contribution < -0.4 is 15.2 Å². The van der Waals surface area contributed by atoms with E-state index in [0.29, 0.717) is 35.9 Å². The summed E-state index contributed by atoms with van der Waals surface area (Å²) in [5.41, 5.74) is 6.28. The van der Waals surface area contributed by atoms with Crippen molar-refractivity contribution < 1.29 is 19.4 Å². The maximum atomic E-state index is 11.1. The zero-order valence-corrected chi connectivity index (χ0v) is 11.7. The van der Waals surface area contributed by atoms with Crippen LogP contribution in [0.2, 0.25) is 5.02 Å². The molecule has 0 heterocycles. The number of ether oxygens (including phenoxy) is 2. The third-order valence-electron chi connectivity index (χ3n) is 2.64. The Balaban J connectivity index is 3.17. The van der Waals surface area contributed by atoms with Crippen LogP contribution in [0.3, 0.4) is 0 Å². The first-order valence-electron chi connectivity index (χ1n) is 5.99. The van der Waals surface area contributed by atoms with Crippen LogP contribution >= 0.6 is 11.6 Å². The van der Waals surface area contributed by atoms with Crippen molar-refractivity contribution in [1.82, 2.24) is 0 Å². The Morgan fingerprint density at radius 2 is 2.21 bits per heavy atom. The predicted molar refractivity (Wildman–Crippen MR) is 73.1 cm³/mol. The van der Waals surface area contributed by atoms with Crippen molar-refractivity contribution in [2.75, 3.05) is 13.7 Å². The summed E-state index contributed by atoms with van der Waals surface area (Å²) in [6.07, 6.45) is -0.0440. The highest BCUT2D eigenvalue weighted by Crippen LogP contribution is 2.36. The van der Waals surface area contributed by atoms with E-state index in [0.717, 1.165) is 5.56 Å². The molecule has 0 saturated heterocycles. The third-order valence-corrected chi connectivity index (χ3v) is 2.85. The first kappa shape index (κ1) is 15.6. The highest BCUT2D eigenvalue weighted by atomic mass is 35.5. The van der Waals surface area contributed by atoms with Gasteiger partial charge < -0.3 is 20.3 Å². The molecule has 0 amide bonds. The number of carboxylic acids is 1. The monoisotopic (exact) mass is 287 g/mol. The van der Waals surface area contributed by atoms with Gasteiger partial charge in [0, 0.05) is 16.7 Å². The average Bonchev–Trinajstić information content (AvgIpc) is 2.37. The van der Waals surface area contributed by atoms with Gasteiger partial charge in [-0.3, -0.25) is 0 Å². The Hall–Kier alpha value is -1.46. The normalized spacial score (nSPS) is 12.0. The Bertz CT molecular complexity index is 451. The molecule has 0 aliphatic carbocycles. The SMILES string of the molecule is CCC(Oc1c(CCN)cc(Cl)cc1OC)C(=O)O. The van der Waals surface area contributed by atoms with E-state index in [9.17, 15) is 4.79 Å². The number of aliphatic carboxylic acids is 1. The van der Waals surface area contributed by atoms with E-state index in [2.05, 4.69) is 0 Å². The number of methoxy groups -OCH3 is 1. The van der Waals surface area contributed by atoms with Crippen LogP contribution in [0, 0.1) is 0 Å². The molecule has 0 spiro atoms. The van der Waals surface area contributed by atoms with Crippen LogP contribution in [-0.2, 0) is 11.2 Å². The number of hydrogen-bond donors (Lipinski definition) is 2. The molecule has 0 aliphatic rings. The van der Waals surface area contributed by atoms with Crippen molar-refractivity contribution in [3.63, 3.8) is 0 Å². The highest BCUT2D eigenvalue weighted by Gasteiger charge is 2.21. The zero-order valence-electron chi connectivity index (χ0n) is 11.0. The minimum atomic E-state index is -1.02. The van der Waals surface area contributed by atoms with E-state index in [1.54, 1.807) is 19.1 Å². The van der Waals surface area contributed by atoms with E-state index >= 15 is 0 Å². The van der Waals surface area contributed by atoms with E-state index < -0.39 is 12.1 Å². The van der Waals surface area contributed by atoms with Gasteiger partial charge in [0.1, 0.15) is 0 Å². The van der Waals surface area contributed by atoms with Gasteiger partial charge in [0.15, 0.2) is 17.6 Å². The summed E-state index contributed by atoms with van der Waals surface area (Å²) in [6, 6.07) is 3.30. The van der Waals surface area contributed by atoms with Crippen LogP contribution in [0.4, 0.5) is 0 Å². The molecule has 1 aromatic rings. The van der Waals surface area contributed by atoms with Gasteiger partial charge >= 0.3 is 5.97 Å². The summed E-state index contributed by atoms with van der Waals surface area (Å²) in [5.74, 6) is -0.208. The molecule has 1 aromatic carbocycles. The molecule has 6 heteroatoms. The van der Waals surface area contributed by atoms with Gasteiger partial charge in [0.25, 0.3) is 0 Å². The molecule has 19 heavy (non-hydrogen) atoms. The highest BCUT2D eigenvalue weighted by molar-refractivity contribution is 6.30. The molecular formula is C13H18ClNO4. The summed E-state index contributed by atoms with van der Waals surface area (Å²) in [5, 5.41) is 9.55. The predicted octanol–water partition coefficient (Wildman–Crippen LogP) is 2.09. The van der Waals surface area contributed by atoms with Gasteiger partial charge in [-0.05, 0) is 25.5 Å². The number of benzene rings is 1. The smallest absolute Gasteiger partial charge is 0.344 e. The van der Waals surface area contributed by atoms with E-state index in [4.69, 9.17) is 31.9 Å². The molecule has 0 fully saturated rings. The average molecular weight is 288 g/mol. The third kappa shape index (κ3) is 4.01. The molecule has 0 saturated carbocycles. The topological polar surface area (TPSA) is 81.8 Å². The molecule has 0 aliphatic heterocycles. The van der Waals surface area contributed by atoms with Crippen LogP contribution in [-0.4, -0.2) is 30.8 Å². The Kier molecular flexibility index (Phi) is 5.92. The Morgan fingerprint density at radius 3 is 2.68 bits per heavy atom. The summed E-state index contributed by atoms with van der Waals surface area (Å²) >= 11 is 5.98. The second-order valence-electron chi connectivity index (χ2n) is 3.99. The molecular weight excluding hydrogens is 270 g/mol. The van der Waals surface area contributed by atoms with E-state index in [1.165, 1.54) is 7.11 Å². The fourth-order valence-electron chi connectivity index (χ4n) is 1.70. The second-order valence-corrected chi connectivity index (χ2v) is 4.42. The van der Waals surface area contributed by atoms with Crippen LogP contribution in [0.25, 0.3) is 0 Å². The van der Waals surface area contributed by atoms with Gasteiger partial charge in [0.2, 0.25) is 0 Å². The lowest BCUT2D eigenvalue weighted by atomic mass is 10.1. The molecule has 3 N–H and O–H groups in total. The zero-order chi connectivity index (χ0) is 14.4. The van der Waals surface area contributed by atoms with Gasteiger partial charge in [-0.25, -0.2) is 4.79 Å². The molecule has 0 bridgehead atoms. The second kappa shape index (κ2) is 7.21. The number of carboxylic acid groups (broad SMARTS) is 1. The number of hydrogen-bond acceptors (Lipinski definition) is 4. The van der Waals surface area contributed by atoms with E-state index in [1.807, 2.05) is 0 Å². The maximum Gasteiger partial charge on any atom is 0.344 e. The van der Waals surface area contributed by atoms with Crippen molar-refractivity contribution in [2.24, 2.45) is 5.73 Å². The summed E-state index contributed by atoms with van der Waals surface area (Å²) < 4.78 is 10.7. The number of nitrogens with two attached hydrogens (primary N) is 1. The molecule has 1 unspecified atom stereocenters. The largest absolute Gasteiger partial charge is 0.493 e. The lowest BCUT2D eigenvalue weighted by Crippen LogP contribution is -2.26. The molecule has 0 radical (unpaired) electrons. The quantitative estimate of drug-likeness (QED) is 0.802. The fourth-order valence-corrected chi connectivity index (χ4v) is 1.93. The Labute approximate surface area is 117 Å². The fraction of sp³-hybridized carbons (Fsp3) is 0.462. The van der Waals surface area contributed by atoms with Gasteiger partial charge in [0.05, 0.1) is 7.11 Å². The van der Waals surface area contributed by atoms with E-state index in [-0.39, 0.29) is 0 Å². The molecule has 5 nitrogen and oxygen atoms in total. The van der Waals surface area contributed by atoms with Crippen molar-refractivity contribution in [3.05, 3.63) is 22.7 Å². The van der Waals surface area contributed by atoms with Crippen molar-refractivity contribution in [3.8, 4) is 11.5 Å². The number of halogens is 1. The summed E-state index contributed by atoms with van der Waals surface area (Å²) in [4.78, 5) is 11.1. The van der Waals surface area contributed by atoms with Crippen molar-refractivity contribution in [2.45, 2.75) is 25.9 Å². The van der Waals surface area contributed by atoms with Crippen LogP contribution in [0.1, 0.15) is 18.9 Å². The first-order valence-corrected chi connectivity index (χ1v) is 6.37.